The molecular formula is C31H39N5O4. The highest BCUT2D eigenvalue weighted by Gasteiger charge is 2.49. The number of ether oxygens (including phenoxy) is 2. The topological polar surface area (TPSA) is 92.7 Å². The Morgan fingerprint density at radius 2 is 1.82 bits per heavy atom. The smallest absolute Gasteiger partial charge is 0.254 e. The van der Waals surface area contributed by atoms with Crippen molar-refractivity contribution < 1.29 is 14.3 Å². The molecule has 40 heavy (non-hydrogen) atoms. The Kier molecular flexibility index (Phi) is 6.52. The molecule has 0 unspecified atom stereocenters. The molecule has 1 aliphatic carbocycles. The molecule has 2 aromatic heterocycles. The largest absolute Gasteiger partial charge is 0.448 e. The first-order chi connectivity index (χ1) is 19.1. The second-order valence-corrected chi connectivity index (χ2v) is 12.1. The average Bonchev–Trinajstić information content (AvgIpc) is 3.56. The molecule has 1 amide bonds. The summed E-state index contributed by atoms with van der Waals surface area (Å²) in [5, 5.41) is 0. The van der Waals surface area contributed by atoms with Gasteiger partial charge in [-0.05, 0) is 84.2 Å². The fraction of sp³-hybridized carbons (Fsp3) is 0.516. The number of H-pyrrole nitrogens is 1. The molecule has 1 fully saturated rings. The predicted octanol–water partition coefficient (Wildman–Crippen LogP) is 4.29. The summed E-state index contributed by atoms with van der Waals surface area (Å²) in [5.41, 5.74) is 5.39. The molecule has 3 aromatic rings. The number of rotatable bonds is 5. The van der Waals surface area contributed by atoms with Crippen molar-refractivity contribution in [3.8, 4) is 17.2 Å². The van der Waals surface area contributed by atoms with Crippen LogP contribution in [0.15, 0.2) is 29.6 Å². The molecule has 3 aliphatic rings. The molecule has 1 saturated carbocycles. The van der Waals surface area contributed by atoms with Crippen LogP contribution in [0, 0.1) is 26.7 Å². The van der Waals surface area contributed by atoms with Crippen LogP contribution in [0.3, 0.4) is 0 Å². The van der Waals surface area contributed by atoms with Crippen LogP contribution >= 0.6 is 0 Å². The SMILES string of the molecule is Cc1cc(C)c(CN2CCc3c(c(C)c4c(c3-n3ccnc3)O[C@](C)(C3CCC(N(C)C)CC3)O4)C2=O)c(=O)[nH]1. The van der Waals surface area contributed by atoms with Gasteiger partial charge in [-0.3, -0.25) is 9.59 Å². The van der Waals surface area contributed by atoms with Crippen LogP contribution in [0.2, 0.25) is 0 Å². The van der Waals surface area contributed by atoms with Gasteiger partial charge < -0.3 is 28.8 Å². The zero-order chi connectivity index (χ0) is 28.3. The third kappa shape index (κ3) is 4.31. The molecule has 1 atom stereocenters. The minimum atomic E-state index is -0.807. The van der Waals surface area contributed by atoms with Gasteiger partial charge in [0, 0.05) is 54.6 Å². The Balaban J connectivity index is 1.38. The van der Waals surface area contributed by atoms with Crippen molar-refractivity contribution in [2.45, 2.75) is 78.2 Å². The first-order valence-electron chi connectivity index (χ1n) is 14.3. The predicted molar refractivity (Wildman–Crippen MR) is 152 cm³/mol. The number of nitrogens with zero attached hydrogens (tertiary/aromatic N) is 4. The molecule has 2 aliphatic heterocycles. The molecule has 0 saturated heterocycles. The Morgan fingerprint density at radius 3 is 2.48 bits per heavy atom. The van der Waals surface area contributed by atoms with Crippen molar-refractivity contribution in [1.82, 2.24) is 24.3 Å². The van der Waals surface area contributed by atoms with E-state index < -0.39 is 5.79 Å². The van der Waals surface area contributed by atoms with Crippen molar-refractivity contribution in [2.75, 3.05) is 20.6 Å². The normalized spacial score (nSPS) is 24.1. The van der Waals surface area contributed by atoms with Gasteiger partial charge in [-0.15, -0.1) is 0 Å². The molecule has 212 valence electrons. The Hall–Kier alpha value is -3.59. The Morgan fingerprint density at radius 1 is 1.10 bits per heavy atom. The average molecular weight is 546 g/mol. The molecule has 0 radical (unpaired) electrons. The van der Waals surface area contributed by atoms with E-state index >= 15 is 0 Å². The van der Waals surface area contributed by atoms with Gasteiger partial charge in [0.05, 0.1) is 24.1 Å². The number of hydrogen-bond acceptors (Lipinski definition) is 6. The minimum Gasteiger partial charge on any atom is -0.448 e. The van der Waals surface area contributed by atoms with Gasteiger partial charge in [-0.2, -0.15) is 0 Å². The molecule has 9 heteroatoms. The third-order valence-electron chi connectivity index (χ3n) is 9.24. The van der Waals surface area contributed by atoms with Gasteiger partial charge in [0.15, 0.2) is 11.5 Å². The lowest BCUT2D eigenvalue weighted by Crippen LogP contribution is -2.46. The number of aryl methyl sites for hydroxylation is 2. The molecule has 1 N–H and O–H groups in total. The van der Waals surface area contributed by atoms with Gasteiger partial charge in [-0.25, -0.2) is 4.98 Å². The van der Waals surface area contributed by atoms with Crippen LogP contribution in [-0.2, 0) is 13.0 Å². The number of pyridine rings is 1. The maximum absolute atomic E-state index is 14.1. The summed E-state index contributed by atoms with van der Waals surface area (Å²) < 4.78 is 15.4. The highest BCUT2D eigenvalue weighted by Crippen LogP contribution is 2.53. The quantitative estimate of drug-likeness (QED) is 0.514. The summed E-state index contributed by atoms with van der Waals surface area (Å²) in [4.78, 5) is 38.1. The number of amides is 1. The van der Waals surface area contributed by atoms with Crippen LogP contribution in [-0.4, -0.2) is 62.7 Å². The van der Waals surface area contributed by atoms with Crippen molar-refractivity contribution in [3.05, 3.63) is 68.7 Å². The molecule has 6 rings (SSSR count). The first kappa shape index (κ1) is 26.6. The number of fused-ring (bicyclic) bond motifs is 2. The van der Waals surface area contributed by atoms with Crippen LogP contribution in [0.5, 0.6) is 11.5 Å². The molecule has 4 heterocycles. The summed E-state index contributed by atoms with van der Waals surface area (Å²) in [6.45, 7) is 8.56. The van der Waals surface area contributed by atoms with Gasteiger partial charge in [0.25, 0.3) is 17.3 Å². The second-order valence-electron chi connectivity index (χ2n) is 12.1. The fourth-order valence-corrected chi connectivity index (χ4v) is 6.92. The van der Waals surface area contributed by atoms with E-state index in [4.69, 9.17) is 9.47 Å². The van der Waals surface area contributed by atoms with E-state index in [2.05, 4.69) is 29.0 Å². The molecule has 1 aromatic carbocycles. The number of aromatic amines is 1. The van der Waals surface area contributed by atoms with Crippen molar-refractivity contribution in [1.29, 1.82) is 0 Å². The van der Waals surface area contributed by atoms with Gasteiger partial charge >= 0.3 is 0 Å². The van der Waals surface area contributed by atoms with Crippen molar-refractivity contribution >= 4 is 5.91 Å². The van der Waals surface area contributed by atoms with Crippen LogP contribution in [0.25, 0.3) is 5.69 Å². The van der Waals surface area contributed by atoms with E-state index in [0.29, 0.717) is 41.6 Å². The number of imidazole rings is 1. The van der Waals surface area contributed by atoms with Gasteiger partial charge in [0.1, 0.15) is 0 Å². The maximum Gasteiger partial charge on any atom is 0.254 e. The van der Waals surface area contributed by atoms with E-state index in [1.54, 1.807) is 17.4 Å². The summed E-state index contributed by atoms with van der Waals surface area (Å²) >= 11 is 0. The molecular weight excluding hydrogens is 506 g/mol. The number of benzene rings is 1. The zero-order valence-corrected chi connectivity index (χ0v) is 24.3. The summed E-state index contributed by atoms with van der Waals surface area (Å²) in [6.07, 6.45) is 10.2. The monoisotopic (exact) mass is 545 g/mol. The van der Waals surface area contributed by atoms with Gasteiger partial charge in [0.2, 0.25) is 0 Å². The number of aromatic nitrogens is 3. The summed E-state index contributed by atoms with van der Waals surface area (Å²) in [5.74, 6) is 0.675. The first-order valence-corrected chi connectivity index (χ1v) is 14.3. The third-order valence-corrected chi connectivity index (χ3v) is 9.24. The van der Waals surface area contributed by atoms with E-state index in [-0.39, 0.29) is 23.9 Å². The Labute approximate surface area is 235 Å². The standard InChI is InChI=1S/C31H39N5O4/c1-18-15-19(2)33-29(37)24(18)16-35-13-11-23-25(30(35)38)20(3)27-28(26(23)36-14-12-32-17-36)40-31(4,39-27)21-7-9-22(10-8-21)34(5)6/h12,14-15,17,21-22H,7-11,13,16H2,1-6H3,(H,33,37)/t21?,22?,31-/m1/s1. The van der Waals surface area contributed by atoms with E-state index in [1.807, 2.05) is 44.5 Å². The van der Waals surface area contributed by atoms with E-state index in [1.165, 1.54) is 0 Å². The maximum atomic E-state index is 14.1. The van der Waals surface area contributed by atoms with Crippen LogP contribution < -0.4 is 15.0 Å². The number of carbonyl (C=O) groups excluding carboxylic acids is 1. The Bertz CT molecular complexity index is 1520. The number of hydrogen-bond donors (Lipinski definition) is 1. The van der Waals surface area contributed by atoms with Crippen LogP contribution in [0.4, 0.5) is 0 Å². The molecule has 0 spiro atoms. The zero-order valence-electron chi connectivity index (χ0n) is 24.3. The van der Waals surface area contributed by atoms with Crippen LogP contribution in [0.1, 0.15) is 70.9 Å². The molecule has 0 bridgehead atoms. The number of nitrogens with one attached hydrogen (secondary N) is 1. The lowest BCUT2D eigenvalue weighted by atomic mass is 9.81. The number of carbonyl (C=O) groups is 1. The summed E-state index contributed by atoms with van der Waals surface area (Å²) in [6, 6.07) is 2.53. The highest BCUT2D eigenvalue weighted by atomic mass is 16.7. The fourth-order valence-electron chi connectivity index (χ4n) is 6.92. The van der Waals surface area contributed by atoms with Crippen molar-refractivity contribution in [3.63, 3.8) is 0 Å². The van der Waals surface area contributed by atoms with Crippen molar-refractivity contribution in [2.24, 2.45) is 5.92 Å². The van der Waals surface area contributed by atoms with E-state index in [0.717, 1.165) is 53.8 Å². The lowest BCUT2D eigenvalue weighted by molar-refractivity contribution is -0.123. The summed E-state index contributed by atoms with van der Waals surface area (Å²) in [7, 11) is 4.29. The van der Waals surface area contributed by atoms with E-state index in [9.17, 15) is 9.59 Å². The highest BCUT2D eigenvalue weighted by molar-refractivity contribution is 6.01. The lowest BCUT2D eigenvalue weighted by Gasteiger charge is -2.39. The van der Waals surface area contributed by atoms with Gasteiger partial charge in [-0.1, -0.05) is 0 Å². The minimum absolute atomic E-state index is 0.0917. The molecule has 9 nitrogen and oxygen atoms in total. The second kappa shape index (κ2) is 9.80.